The second kappa shape index (κ2) is 11.5. The van der Waals surface area contributed by atoms with Crippen molar-refractivity contribution in [1.82, 2.24) is 15.0 Å². The van der Waals surface area contributed by atoms with Crippen LogP contribution < -0.4 is 0 Å². The summed E-state index contributed by atoms with van der Waals surface area (Å²) >= 11 is 1.48. The molecule has 0 radical (unpaired) electrons. The first-order valence-corrected chi connectivity index (χ1v) is 14.1. The van der Waals surface area contributed by atoms with Crippen LogP contribution in [0.25, 0.3) is 0 Å². The maximum absolute atomic E-state index is 13.4. The summed E-state index contributed by atoms with van der Waals surface area (Å²) in [5, 5.41) is 19.0. The van der Waals surface area contributed by atoms with Crippen molar-refractivity contribution < 1.29 is 29.0 Å². The predicted octanol–water partition coefficient (Wildman–Crippen LogP) is 4.63. The topological polar surface area (TPSA) is 121 Å². The number of nitrogens with zero attached hydrogens (tertiary/aromatic N) is 3. The number of aliphatic hydroxyl groups is 1. The van der Waals surface area contributed by atoms with E-state index >= 15 is 0 Å². The molecule has 3 heterocycles. The quantitative estimate of drug-likeness (QED) is 0.344. The molecule has 1 aliphatic heterocycles. The van der Waals surface area contributed by atoms with Gasteiger partial charge in [-0.25, -0.2) is 14.3 Å². The monoisotopic (exact) mass is 549 g/mol. The summed E-state index contributed by atoms with van der Waals surface area (Å²) in [6.07, 6.45) is 3.52. The third-order valence-corrected chi connectivity index (χ3v) is 8.38. The van der Waals surface area contributed by atoms with Crippen LogP contribution >= 0.6 is 11.3 Å². The van der Waals surface area contributed by atoms with Gasteiger partial charge in [-0.2, -0.15) is 0 Å². The highest BCUT2D eigenvalue weighted by Gasteiger charge is 2.47. The number of esters is 2. The van der Waals surface area contributed by atoms with E-state index in [2.05, 4.69) is 10.3 Å². The summed E-state index contributed by atoms with van der Waals surface area (Å²) in [5.74, 6) is -2.64. The lowest BCUT2D eigenvalue weighted by Gasteiger charge is -2.31. The zero-order chi connectivity index (χ0) is 27.5. The van der Waals surface area contributed by atoms with E-state index < -0.39 is 35.5 Å². The summed E-state index contributed by atoms with van der Waals surface area (Å²) in [6.45, 7) is 4.31. The molecule has 0 spiro atoms. The Hall–Kier alpha value is -3.79. The molecule has 10 heteroatoms. The lowest BCUT2D eigenvalue weighted by molar-refractivity contribution is -0.158. The Labute approximate surface area is 230 Å². The Kier molecular flexibility index (Phi) is 7.92. The van der Waals surface area contributed by atoms with Crippen molar-refractivity contribution in [3.05, 3.63) is 81.0 Å². The SMILES string of the molecule is CCOC(=O)c1cn(Cc2ccc(C(C3=C(O)C(=O)C(C(CC)Cc4ccccc4)OC3=O)C3CC3)s2)nn1. The molecular weight excluding hydrogens is 518 g/mol. The van der Waals surface area contributed by atoms with Crippen molar-refractivity contribution in [3.8, 4) is 0 Å². The van der Waals surface area contributed by atoms with E-state index in [1.165, 1.54) is 17.5 Å². The van der Waals surface area contributed by atoms with Gasteiger partial charge in [-0.15, -0.1) is 16.4 Å². The molecule has 0 bridgehead atoms. The number of Topliss-reactive ketones (excluding diaryl/α,β-unsaturated/α-hetero) is 1. The van der Waals surface area contributed by atoms with E-state index in [9.17, 15) is 19.5 Å². The van der Waals surface area contributed by atoms with Gasteiger partial charge in [0.2, 0.25) is 5.78 Å². The number of ketones is 1. The van der Waals surface area contributed by atoms with Crippen LogP contribution in [0.2, 0.25) is 0 Å². The lowest BCUT2D eigenvalue weighted by atomic mass is 9.83. The number of cyclic esters (lactones) is 1. The average molecular weight is 550 g/mol. The number of hydrogen-bond donors (Lipinski definition) is 1. The molecule has 1 aromatic carbocycles. The average Bonchev–Trinajstić information content (AvgIpc) is 3.48. The zero-order valence-electron chi connectivity index (χ0n) is 21.9. The van der Waals surface area contributed by atoms with Gasteiger partial charge in [0.1, 0.15) is 0 Å². The number of hydrogen-bond acceptors (Lipinski definition) is 9. The molecule has 3 atom stereocenters. The standard InChI is InChI=1S/C29H31N3O6S/c1-3-18(14-17-8-6-5-7-9-17)27-26(34)25(33)24(29(36)38-27)23(19-10-11-19)22-13-12-20(39-22)15-32-16-21(30-31-32)28(35)37-4-2/h5-9,12-13,16,18-19,23,27,33H,3-4,10-11,14-15H2,1-2H3. The summed E-state index contributed by atoms with van der Waals surface area (Å²) in [4.78, 5) is 40.4. The first-order chi connectivity index (χ1) is 18.9. The van der Waals surface area contributed by atoms with E-state index in [-0.39, 0.29) is 29.7 Å². The number of carbonyl (C=O) groups is 3. The van der Waals surface area contributed by atoms with Crippen LogP contribution in [0.1, 0.15) is 64.8 Å². The summed E-state index contributed by atoms with van der Waals surface area (Å²) in [7, 11) is 0. The normalized spacial score (nSPS) is 19.1. The Morgan fingerprint density at radius 3 is 2.64 bits per heavy atom. The number of benzene rings is 1. The molecule has 0 amide bonds. The van der Waals surface area contributed by atoms with Gasteiger partial charge < -0.3 is 14.6 Å². The van der Waals surface area contributed by atoms with Gasteiger partial charge in [0.15, 0.2) is 17.6 Å². The molecule has 3 aromatic rings. The van der Waals surface area contributed by atoms with Crippen molar-refractivity contribution in [2.24, 2.45) is 11.8 Å². The Bertz CT molecular complexity index is 1390. The highest BCUT2D eigenvalue weighted by atomic mass is 32.1. The minimum absolute atomic E-state index is 0.0621. The maximum atomic E-state index is 13.4. The van der Waals surface area contributed by atoms with Crippen LogP contribution in [0.15, 0.2) is 60.0 Å². The number of rotatable bonds is 11. The molecule has 1 fully saturated rings. The van der Waals surface area contributed by atoms with E-state index in [4.69, 9.17) is 9.47 Å². The Balaban J connectivity index is 1.36. The zero-order valence-corrected chi connectivity index (χ0v) is 22.7. The van der Waals surface area contributed by atoms with Gasteiger partial charge in [0.05, 0.1) is 24.9 Å². The van der Waals surface area contributed by atoms with Crippen LogP contribution in [0.5, 0.6) is 0 Å². The van der Waals surface area contributed by atoms with Crippen LogP contribution in [0, 0.1) is 11.8 Å². The van der Waals surface area contributed by atoms with Crippen molar-refractivity contribution in [1.29, 1.82) is 0 Å². The molecule has 9 nitrogen and oxygen atoms in total. The van der Waals surface area contributed by atoms with Gasteiger partial charge in [-0.05, 0) is 56.2 Å². The van der Waals surface area contributed by atoms with E-state index in [0.29, 0.717) is 19.4 Å². The fraction of sp³-hybridized carbons (Fsp3) is 0.414. The molecule has 39 heavy (non-hydrogen) atoms. The van der Waals surface area contributed by atoms with Crippen molar-refractivity contribution in [2.75, 3.05) is 6.61 Å². The number of thiophene rings is 1. The first-order valence-electron chi connectivity index (χ1n) is 13.3. The fourth-order valence-electron chi connectivity index (χ4n) is 5.08. The lowest BCUT2D eigenvalue weighted by Crippen LogP contribution is -2.42. The molecule has 2 aromatic heterocycles. The fourth-order valence-corrected chi connectivity index (χ4v) is 6.29. The molecule has 1 N–H and O–H groups in total. The maximum Gasteiger partial charge on any atom is 0.360 e. The van der Waals surface area contributed by atoms with E-state index in [1.54, 1.807) is 11.6 Å². The van der Waals surface area contributed by atoms with Crippen molar-refractivity contribution in [2.45, 2.75) is 58.1 Å². The van der Waals surface area contributed by atoms with Crippen LogP contribution in [0.4, 0.5) is 0 Å². The summed E-state index contributed by atoms with van der Waals surface area (Å²) in [6, 6.07) is 13.6. The second-order valence-corrected chi connectivity index (χ2v) is 11.2. The molecule has 0 saturated heterocycles. The summed E-state index contributed by atoms with van der Waals surface area (Å²) in [5.41, 5.74) is 1.24. The number of ether oxygens (including phenoxy) is 2. The van der Waals surface area contributed by atoms with Gasteiger partial charge in [-0.1, -0.05) is 42.5 Å². The highest BCUT2D eigenvalue weighted by Crippen LogP contribution is 2.50. The largest absolute Gasteiger partial charge is 0.504 e. The van der Waals surface area contributed by atoms with Crippen molar-refractivity contribution in [3.63, 3.8) is 0 Å². The smallest absolute Gasteiger partial charge is 0.360 e. The molecule has 1 aliphatic carbocycles. The first kappa shape index (κ1) is 26.8. The van der Waals surface area contributed by atoms with Gasteiger partial charge in [0, 0.05) is 21.6 Å². The molecule has 2 aliphatic rings. The number of aliphatic hydroxyl groups excluding tert-OH is 1. The Morgan fingerprint density at radius 2 is 1.95 bits per heavy atom. The molecule has 204 valence electrons. The van der Waals surface area contributed by atoms with Crippen LogP contribution in [-0.4, -0.2) is 50.5 Å². The van der Waals surface area contributed by atoms with E-state index in [1.807, 2.05) is 49.4 Å². The molecule has 1 saturated carbocycles. The summed E-state index contributed by atoms with van der Waals surface area (Å²) < 4.78 is 12.3. The molecule has 3 unspecified atom stereocenters. The second-order valence-electron chi connectivity index (χ2n) is 9.95. The van der Waals surface area contributed by atoms with Gasteiger partial charge in [-0.3, -0.25) is 4.79 Å². The van der Waals surface area contributed by atoms with Crippen molar-refractivity contribution >= 4 is 29.1 Å². The van der Waals surface area contributed by atoms with Crippen LogP contribution in [-0.2, 0) is 32.0 Å². The van der Waals surface area contributed by atoms with Crippen LogP contribution in [0.3, 0.4) is 0 Å². The number of aromatic nitrogens is 3. The minimum Gasteiger partial charge on any atom is -0.504 e. The third-order valence-electron chi connectivity index (χ3n) is 7.23. The molecule has 5 rings (SSSR count). The Morgan fingerprint density at radius 1 is 1.18 bits per heavy atom. The third kappa shape index (κ3) is 5.80. The van der Waals surface area contributed by atoms with Gasteiger partial charge >= 0.3 is 11.9 Å². The predicted molar refractivity (Wildman–Crippen MR) is 143 cm³/mol. The minimum atomic E-state index is -1.01. The van der Waals surface area contributed by atoms with E-state index in [0.717, 1.165) is 28.2 Å². The molecular formula is C29H31N3O6S. The highest BCUT2D eigenvalue weighted by molar-refractivity contribution is 7.12. The van der Waals surface area contributed by atoms with Gasteiger partial charge in [0.25, 0.3) is 0 Å². The number of carbonyl (C=O) groups excluding carboxylic acids is 3.